The number of rotatable bonds is 3. The fourth-order valence-corrected chi connectivity index (χ4v) is 4.81. The average molecular weight is 246 g/mol. The first-order valence-corrected chi connectivity index (χ1v) is 7.60. The smallest absolute Gasteiger partial charge is 0.130 e. The molecule has 81 valence electrons. The Bertz CT molecular complexity index is 453. The van der Waals surface area contributed by atoms with Crippen LogP contribution in [0.15, 0.2) is 54.6 Å². The van der Waals surface area contributed by atoms with Gasteiger partial charge in [-0.25, -0.2) is 0 Å². The van der Waals surface area contributed by atoms with Gasteiger partial charge in [-0.2, -0.15) is 0 Å². The molecule has 0 bridgehead atoms. The zero-order chi connectivity index (χ0) is 11.4. The van der Waals surface area contributed by atoms with E-state index in [9.17, 15) is 0 Å². The molecule has 2 heteroatoms. The second kappa shape index (κ2) is 5.33. The molecule has 0 saturated carbocycles. The van der Waals surface area contributed by atoms with Crippen LogP contribution in [0.1, 0.15) is 5.56 Å². The minimum Gasteiger partial charge on any atom is -0.130 e. The molecule has 0 fully saturated rings. The molecule has 2 aromatic rings. The summed E-state index contributed by atoms with van der Waals surface area (Å²) in [6, 6.07) is 19.1. The van der Waals surface area contributed by atoms with Crippen LogP contribution in [0.3, 0.4) is 0 Å². The van der Waals surface area contributed by atoms with Gasteiger partial charge in [-0.05, 0) is 6.92 Å². The maximum atomic E-state index is 6.15. The standard InChI is InChI=1S/C14H14ClSi/c1-12-7-5-6-10-14(12)16(11-15)13-8-3-2-4-9-13/h2-10H,11H2,1H3. The van der Waals surface area contributed by atoms with Crippen molar-refractivity contribution in [3.8, 4) is 0 Å². The Morgan fingerprint density at radius 2 is 1.56 bits per heavy atom. The zero-order valence-electron chi connectivity index (χ0n) is 9.28. The molecule has 2 rings (SSSR count). The molecule has 2 aromatic carbocycles. The van der Waals surface area contributed by atoms with Crippen LogP contribution in [0.2, 0.25) is 0 Å². The van der Waals surface area contributed by atoms with Gasteiger partial charge in [-0.15, -0.1) is 11.6 Å². The molecule has 0 aliphatic heterocycles. The first-order valence-electron chi connectivity index (χ1n) is 5.36. The molecule has 0 nitrogen and oxygen atoms in total. The Kier molecular flexibility index (Phi) is 3.81. The summed E-state index contributed by atoms with van der Waals surface area (Å²) in [7, 11) is -0.804. The Morgan fingerprint density at radius 1 is 0.938 bits per heavy atom. The topological polar surface area (TPSA) is 0 Å². The van der Waals surface area contributed by atoms with Crippen LogP contribution in [-0.2, 0) is 0 Å². The predicted octanol–water partition coefficient (Wildman–Crippen LogP) is 2.38. The van der Waals surface area contributed by atoms with Crippen molar-refractivity contribution in [3.63, 3.8) is 0 Å². The highest BCUT2D eigenvalue weighted by molar-refractivity contribution is 6.89. The number of benzene rings is 2. The van der Waals surface area contributed by atoms with Crippen molar-refractivity contribution in [2.75, 3.05) is 5.50 Å². The number of hydrogen-bond donors (Lipinski definition) is 0. The van der Waals surface area contributed by atoms with E-state index < -0.39 is 8.80 Å². The fourth-order valence-electron chi connectivity index (χ4n) is 1.86. The summed E-state index contributed by atoms with van der Waals surface area (Å²) in [4.78, 5) is 0. The lowest BCUT2D eigenvalue weighted by molar-refractivity contribution is 1.51. The van der Waals surface area contributed by atoms with Gasteiger partial charge in [0.05, 0.1) is 0 Å². The molecule has 0 aliphatic rings. The molecular formula is C14H14ClSi. The SMILES string of the molecule is Cc1ccccc1[Si](CCl)c1ccccc1. The summed E-state index contributed by atoms with van der Waals surface area (Å²) in [5.74, 6) is 0. The van der Waals surface area contributed by atoms with Crippen LogP contribution in [0, 0.1) is 6.92 Å². The third-order valence-corrected chi connectivity index (χ3v) is 6.04. The predicted molar refractivity (Wildman–Crippen MR) is 73.4 cm³/mol. The van der Waals surface area contributed by atoms with Gasteiger partial charge < -0.3 is 0 Å². The van der Waals surface area contributed by atoms with Crippen LogP contribution >= 0.6 is 11.6 Å². The molecule has 0 amide bonds. The second-order valence-corrected chi connectivity index (χ2v) is 6.94. The first kappa shape index (κ1) is 11.4. The van der Waals surface area contributed by atoms with Crippen molar-refractivity contribution in [3.05, 3.63) is 60.2 Å². The molecule has 0 unspecified atom stereocenters. The van der Waals surface area contributed by atoms with Crippen LogP contribution in [0.25, 0.3) is 0 Å². The van der Waals surface area contributed by atoms with E-state index in [0.29, 0.717) is 0 Å². The lowest BCUT2D eigenvalue weighted by Crippen LogP contribution is -2.45. The zero-order valence-corrected chi connectivity index (χ0v) is 11.0. The van der Waals surface area contributed by atoms with Crippen LogP contribution in [-0.4, -0.2) is 14.3 Å². The molecule has 0 heterocycles. The molecule has 1 radical (unpaired) electrons. The van der Waals surface area contributed by atoms with E-state index in [2.05, 4.69) is 61.5 Å². The lowest BCUT2D eigenvalue weighted by atomic mass is 10.2. The summed E-state index contributed by atoms with van der Waals surface area (Å²) in [5.41, 5.74) is 2.07. The van der Waals surface area contributed by atoms with Crippen molar-refractivity contribution in [1.82, 2.24) is 0 Å². The summed E-state index contributed by atoms with van der Waals surface area (Å²) >= 11 is 6.15. The number of halogens is 1. The normalized spacial score (nSPS) is 10.7. The summed E-state index contributed by atoms with van der Waals surface area (Å²) in [6.45, 7) is 2.16. The highest BCUT2D eigenvalue weighted by Gasteiger charge is 2.16. The molecule has 0 saturated heterocycles. The molecule has 16 heavy (non-hydrogen) atoms. The molecule has 0 aliphatic carbocycles. The van der Waals surface area contributed by atoms with Crippen LogP contribution in [0.4, 0.5) is 0 Å². The quantitative estimate of drug-likeness (QED) is 0.576. The van der Waals surface area contributed by atoms with E-state index in [0.717, 1.165) is 5.50 Å². The monoisotopic (exact) mass is 245 g/mol. The lowest BCUT2D eigenvalue weighted by Gasteiger charge is -2.15. The largest absolute Gasteiger partial charge is 0.136 e. The summed E-state index contributed by atoms with van der Waals surface area (Å²) < 4.78 is 0. The van der Waals surface area contributed by atoms with Gasteiger partial charge in [-0.3, -0.25) is 0 Å². The van der Waals surface area contributed by atoms with E-state index in [1.54, 1.807) is 0 Å². The minimum atomic E-state index is -0.804. The van der Waals surface area contributed by atoms with Gasteiger partial charge in [-0.1, -0.05) is 70.5 Å². The Balaban J connectivity index is 2.41. The third-order valence-electron chi connectivity index (χ3n) is 2.73. The van der Waals surface area contributed by atoms with Gasteiger partial charge in [0.1, 0.15) is 8.80 Å². The van der Waals surface area contributed by atoms with E-state index in [-0.39, 0.29) is 0 Å². The van der Waals surface area contributed by atoms with E-state index in [1.807, 2.05) is 0 Å². The Labute approximate surface area is 103 Å². The van der Waals surface area contributed by atoms with E-state index in [1.165, 1.54) is 15.9 Å². The van der Waals surface area contributed by atoms with Gasteiger partial charge >= 0.3 is 0 Å². The van der Waals surface area contributed by atoms with Gasteiger partial charge in [0.25, 0.3) is 0 Å². The van der Waals surface area contributed by atoms with E-state index >= 15 is 0 Å². The Hall–Kier alpha value is -1.05. The highest BCUT2D eigenvalue weighted by Crippen LogP contribution is 1.99. The number of hydrogen-bond acceptors (Lipinski definition) is 0. The number of alkyl halides is 1. The van der Waals surface area contributed by atoms with Crippen molar-refractivity contribution in [1.29, 1.82) is 0 Å². The van der Waals surface area contributed by atoms with E-state index in [4.69, 9.17) is 11.6 Å². The summed E-state index contributed by atoms with van der Waals surface area (Å²) in [5, 5.41) is 2.81. The van der Waals surface area contributed by atoms with Crippen LogP contribution < -0.4 is 10.4 Å². The van der Waals surface area contributed by atoms with Crippen molar-refractivity contribution < 1.29 is 0 Å². The average Bonchev–Trinajstić information content (AvgIpc) is 2.34. The minimum absolute atomic E-state index is 0.722. The Morgan fingerprint density at radius 3 is 2.19 bits per heavy atom. The van der Waals surface area contributed by atoms with Crippen molar-refractivity contribution in [2.45, 2.75) is 6.92 Å². The molecule has 0 N–H and O–H groups in total. The van der Waals surface area contributed by atoms with Gasteiger partial charge in [0, 0.05) is 5.50 Å². The third kappa shape index (κ3) is 2.37. The first-order chi connectivity index (χ1) is 7.83. The number of aryl methyl sites for hydroxylation is 1. The van der Waals surface area contributed by atoms with Crippen molar-refractivity contribution in [2.24, 2.45) is 0 Å². The molecule has 0 aromatic heterocycles. The van der Waals surface area contributed by atoms with Crippen LogP contribution in [0.5, 0.6) is 0 Å². The highest BCUT2D eigenvalue weighted by atomic mass is 35.5. The molecule has 0 spiro atoms. The fraction of sp³-hybridized carbons (Fsp3) is 0.143. The molecule has 0 atom stereocenters. The summed E-state index contributed by atoms with van der Waals surface area (Å²) in [6.07, 6.45) is 0. The maximum Gasteiger partial charge on any atom is 0.136 e. The van der Waals surface area contributed by atoms with Gasteiger partial charge in [0.2, 0.25) is 0 Å². The van der Waals surface area contributed by atoms with Crippen molar-refractivity contribution >= 4 is 30.8 Å². The van der Waals surface area contributed by atoms with Gasteiger partial charge in [0.15, 0.2) is 0 Å². The maximum absolute atomic E-state index is 6.15. The molecular weight excluding hydrogens is 232 g/mol. The second-order valence-electron chi connectivity index (χ2n) is 3.79.